The number of rotatable bonds is 5. The molecule has 4 aromatic heterocycles. The molecule has 0 unspecified atom stereocenters. The number of hydrogen-bond donors (Lipinski definition) is 3. The number of carbonyl (C=O) groups is 2. The number of fused-ring (bicyclic) bond motifs is 2. The Labute approximate surface area is 183 Å². The van der Waals surface area contributed by atoms with Crippen molar-refractivity contribution < 1.29 is 14.7 Å². The summed E-state index contributed by atoms with van der Waals surface area (Å²) in [6.45, 7) is 0.303. The lowest BCUT2D eigenvalue weighted by Crippen LogP contribution is -2.23. The van der Waals surface area contributed by atoms with E-state index in [1.807, 2.05) is 29.0 Å². The molecule has 10 heteroatoms. The fourth-order valence-electron chi connectivity index (χ4n) is 3.42. The van der Waals surface area contributed by atoms with Crippen LogP contribution in [0.4, 0.5) is 5.13 Å². The van der Waals surface area contributed by atoms with Gasteiger partial charge in [0.2, 0.25) is 0 Å². The number of nitrogens with two attached hydrogens (primary N) is 1. The minimum absolute atomic E-state index is 0.0243. The van der Waals surface area contributed by atoms with E-state index >= 15 is 0 Å². The molecule has 0 aliphatic rings. The van der Waals surface area contributed by atoms with Crippen LogP contribution >= 0.6 is 22.7 Å². The normalized spacial score (nSPS) is 11.2. The van der Waals surface area contributed by atoms with Crippen molar-refractivity contribution in [2.24, 2.45) is 0 Å². The van der Waals surface area contributed by atoms with Gasteiger partial charge in [0.25, 0.3) is 5.91 Å². The third-order valence-electron chi connectivity index (χ3n) is 4.81. The summed E-state index contributed by atoms with van der Waals surface area (Å²) in [5.74, 6) is -1.45. The van der Waals surface area contributed by atoms with Crippen molar-refractivity contribution in [2.75, 3.05) is 5.73 Å². The second kappa shape index (κ2) is 7.49. The average Bonchev–Trinajstić information content (AvgIpc) is 3.47. The molecule has 1 amide bonds. The van der Waals surface area contributed by atoms with Crippen LogP contribution in [0.15, 0.2) is 53.4 Å². The molecule has 0 radical (unpaired) electrons. The molecule has 0 bridgehead atoms. The van der Waals surface area contributed by atoms with E-state index in [2.05, 4.69) is 15.3 Å². The Hall–Kier alpha value is -3.76. The van der Waals surface area contributed by atoms with Gasteiger partial charge in [0.15, 0.2) is 16.5 Å². The second-order valence-electron chi connectivity index (χ2n) is 6.78. The number of nitrogens with one attached hydrogen (secondary N) is 1. The number of aromatic carboxylic acids is 1. The quantitative estimate of drug-likeness (QED) is 0.374. The first-order valence-corrected chi connectivity index (χ1v) is 11.0. The van der Waals surface area contributed by atoms with Gasteiger partial charge in [0, 0.05) is 23.7 Å². The zero-order valence-corrected chi connectivity index (χ0v) is 17.5. The van der Waals surface area contributed by atoms with Crippen LogP contribution in [0.25, 0.3) is 27.1 Å². The van der Waals surface area contributed by atoms with E-state index in [9.17, 15) is 14.7 Å². The molecule has 4 heterocycles. The van der Waals surface area contributed by atoms with Gasteiger partial charge < -0.3 is 16.2 Å². The van der Waals surface area contributed by atoms with Crippen molar-refractivity contribution in [2.45, 2.75) is 6.54 Å². The predicted octanol–water partition coefficient (Wildman–Crippen LogP) is 3.88. The molecular formula is C21H15N5O3S2. The van der Waals surface area contributed by atoms with Gasteiger partial charge in [0.05, 0.1) is 15.8 Å². The van der Waals surface area contributed by atoms with Crippen LogP contribution in [0.3, 0.4) is 0 Å². The topological polar surface area (TPSA) is 123 Å². The largest absolute Gasteiger partial charge is 0.476 e. The van der Waals surface area contributed by atoms with Crippen LogP contribution in [-0.2, 0) is 6.54 Å². The fraction of sp³-hybridized carbons (Fsp3) is 0.0476. The SMILES string of the molecule is Nc1nc2ccc(CNC(=O)c3cccn4c(C(=O)O)c(-c5ccsc5)nc34)cc2s1. The Morgan fingerprint density at radius 2 is 2.06 bits per heavy atom. The lowest BCUT2D eigenvalue weighted by molar-refractivity contribution is 0.0689. The van der Waals surface area contributed by atoms with E-state index in [1.54, 1.807) is 24.4 Å². The fourth-order valence-corrected chi connectivity index (χ4v) is 4.86. The number of hydrogen-bond acceptors (Lipinski definition) is 7. The van der Waals surface area contributed by atoms with Crippen molar-refractivity contribution in [3.8, 4) is 11.3 Å². The van der Waals surface area contributed by atoms with Crippen LogP contribution in [0, 0.1) is 0 Å². The summed E-state index contributed by atoms with van der Waals surface area (Å²) in [5.41, 5.74) is 9.14. The van der Waals surface area contributed by atoms with Gasteiger partial charge in [-0.15, -0.1) is 0 Å². The van der Waals surface area contributed by atoms with E-state index < -0.39 is 5.97 Å². The van der Waals surface area contributed by atoms with Crippen LogP contribution in [0.1, 0.15) is 26.4 Å². The van der Waals surface area contributed by atoms with Gasteiger partial charge in [-0.05, 0) is 41.3 Å². The molecule has 1 aromatic carbocycles. The Balaban J connectivity index is 1.48. The van der Waals surface area contributed by atoms with Crippen LogP contribution in [0.2, 0.25) is 0 Å². The number of benzene rings is 1. The number of nitrogens with zero attached hydrogens (tertiary/aromatic N) is 3. The summed E-state index contributed by atoms with van der Waals surface area (Å²) in [5, 5.41) is 16.8. The standard InChI is InChI=1S/C21H15N5O3S2/c22-21-24-14-4-3-11(8-15(14)31-21)9-23-19(27)13-2-1-6-26-17(20(28)29)16(25-18(13)26)12-5-7-30-10-12/h1-8,10H,9H2,(H2,22,24)(H,23,27)(H,28,29). The number of aromatic nitrogens is 3. The summed E-state index contributed by atoms with van der Waals surface area (Å²) in [6, 6.07) is 10.8. The summed E-state index contributed by atoms with van der Waals surface area (Å²) < 4.78 is 2.39. The molecule has 0 atom stereocenters. The van der Waals surface area contributed by atoms with Crippen molar-refractivity contribution in [1.82, 2.24) is 19.7 Å². The Morgan fingerprint density at radius 1 is 1.19 bits per heavy atom. The highest BCUT2D eigenvalue weighted by molar-refractivity contribution is 7.22. The number of carboxylic acids is 1. The molecular weight excluding hydrogens is 434 g/mol. The summed E-state index contributed by atoms with van der Waals surface area (Å²) in [7, 11) is 0. The molecule has 0 fully saturated rings. The molecule has 0 aliphatic carbocycles. The smallest absolute Gasteiger partial charge is 0.355 e. The maximum atomic E-state index is 12.9. The molecule has 0 spiro atoms. The van der Waals surface area contributed by atoms with Crippen molar-refractivity contribution >= 4 is 55.5 Å². The highest BCUT2D eigenvalue weighted by Crippen LogP contribution is 2.28. The molecule has 4 N–H and O–H groups in total. The zero-order chi connectivity index (χ0) is 21.5. The molecule has 0 saturated carbocycles. The molecule has 0 aliphatic heterocycles. The van der Waals surface area contributed by atoms with Crippen LogP contribution < -0.4 is 11.1 Å². The number of amides is 1. The van der Waals surface area contributed by atoms with Crippen molar-refractivity contribution in [3.05, 3.63) is 70.2 Å². The zero-order valence-electron chi connectivity index (χ0n) is 15.9. The van der Waals surface area contributed by atoms with Gasteiger partial charge in [-0.25, -0.2) is 14.8 Å². The Kier molecular flexibility index (Phi) is 4.64. The first-order valence-electron chi connectivity index (χ1n) is 9.21. The Bertz CT molecular complexity index is 1450. The van der Waals surface area contributed by atoms with Gasteiger partial charge >= 0.3 is 5.97 Å². The lowest BCUT2D eigenvalue weighted by atomic mass is 10.2. The molecule has 8 nitrogen and oxygen atoms in total. The number of carbonyl (C=O) groups excluding carboxylic acids is 1. The number of imidazole rings is 1. The predicted molar refractivity (Wildman–Crippen MR) is 121 cm³/mol. The molecule has 31 heavy (non-hydrogen) atoms. The van der Waals surface area contributed by atoms with Gasteiger partial charge in [-0.3, -0.25) is 9.20 Å². The summed E-state index contributed by atoms with van der Waals surface area (Å²) >= 11 is 2.84. The number of thiophene rings is 1. The summed E-state index contributed by atoms with van der Waals surface area (Å²) in [4.78, 5) is 33.6. The molecule has 154 valence electrons. The van der Waals surface area contributed by atoms with Gasteiger partial charge in [0.1, 0.15) is 5.69 Å². The van der Waals surface area contributed by atoms with Gasteiger partial charge in [-0.2, -0.15) is 11.3 Å². The minimum atomic E-state index is -1.11. The second-order valence-corrected chi connectivity index (χ2v) is 8.62. The van der Waals surface area contributed by atoms with E-state index in [0.29, 0.717) is 34.1 Å². The number of pyridine rings is 1. The summed E-state index contributed by atoms with van der Waals surface area (Å²) in [6.07, 6.45) is 1.60. The number of nitrogen functional groups attached to an aromatic ring is 1. The van der Waals surface area contributed by atoms with Crippen LogP contribution in [0.5, 0.6) is 0 Å². The first kappa shape index (κ1) is 19.2. The van der Waals surface area contributed by atoms with E-state index in [4.69, 9.17) is 5.73 Å². The van der Waals surface area contributed by atoms with Gasteiger partial charge in [-0.1, -0.05) is 17.4 Å². The number of anilines is 1. The van der Waals surface area contributed by atoms with Crippen LogP contribution in [-0.4, -0.2) is 31.4 Å². The molecule has 5 aromatic rings. The maximum Gasteiger partial charge on any atom is 0.355 e. The highest BCUT2D eigenvalue weighted by atomic mass is 32.1. The van der Waals surface area contributed by atoms with E-state index in [-0.39, 0.29) is 11.6 Å². The van der Waals surface area contributed by atoms with E-state index in [1.165, 1.54) is 27.1 Å². The van der Waals surface area contributed by atoms with Crippen molar-refractivity contribution in [3.63, 3.8) is 0 Å². The number of carboxylic acid groups (broad SMARTS) is 1. The molecule has 5 rings (SSSR count). The maximum absolute atomic E-state index is 12.9. The van der Waals surface area contributed by atoms with E-state index in [0.717, 1.165) is 15.8 Å². The first-order chi connectivity index (χ1) is 15.0. The Morgan fingerprint density at radius 3 is 2.84 bits per heavy atom. The monoisotopic (exact) mass is 449 g/mol. The average molecular weight is 450 g/mol. The third kappa shape index (κ3) is 3.41. The number of thiazole rings is 1. The molecule has 0 saturated heterocycles. The lowest BCUT2D eigenvalue weighted by Gasteiger charge is -2.07. The van der Waals surface area contributed by atoms with Crippen molar-refractivity contribution in [1.29, 1.82) is 0 Å². The minimum Gasteiger partial charge on any atom is -0.476 e. The highest BCUT2D eigenvalue weighted by Gasteiger charge is 2.23. The third-order valence-corrected chi connectivity index (χ3v) is 6.34.